The molecule has 0 aromatic carbocycles. The lowest BCUT2D eigenvalue weighted by Gasteiger charge is -2.13. The first kappa shape index (κ1) is 15.8. The predicted molar refractivity (Wildman–Crippen MR) is 67.2 cm³/mol. The number of aromatic nitrogens is 2. The Balaban J connectivity index is 2.65. The Labute approximate surface area is 119 Å². The molecule has 0 fully saturated rings. The van der Waals surface area contributed by atoms with Crippen molar-refractivity contribution in [2.24, 2.45) is 0 Å². The molecule has 0 unspecified atom stereocenters. The van der Waals surface area contributed by atoms with Gasteiger partial charge in [-0.25, -0.2) is 4.79 Å². The Morgan fingerprint density at radius 1 is 1.40 bits per heavy atom. The lowest BCUT2D eigenvalue weighted by Crippen LogP contribution is -2.41. The Morgan fingerprint density at radius 2 is 2.10 bits per heavy atom. The summed E-state index contributed by atoms with van der Waals surface area (Å²) in [6.45, 7) is 0. The Hall–Kier alpha value is -2.22. The van der Waals surface area contributed by atoms with Crippen LogP contribution in [-0.2, 0) is 14.3 Å². The first-order valence-electron chi connectivity index (χ1n) is 5.53. The van der Waals surface area contributed by atoms with E-state index in [-0.39, 0.29) is 23.7 Å². The molecule has 1 heterocycles. The van der Waals surface area contributed by atoms with Gasteiger partial charge < -0.3 is 15.2 Å². The number of halogens is 1. The monoisotopic (exact) mass is 301 g/mol. The van der Waals surface area contributed by atoms with Gasteiger partial charge in [0.1, 0.15) is 6.04 Å². The summed E-state index contributed by atoms with van der Waals surface area (Å²) in [5, 5.41) is 18.3. The van der Waals surface area contributed by atoms with Crippen molar-refractivity contribution < 1.29 is 24.2 Å². The van der Waals surface area contributed by atoms with E-state index < -0.39 is 23.9 Å². The van der Waals surface area contributed by atoms with E-state index in [1.807, 2.05) is 0 Å². The third-order valence-corrected chi connectivity index (χ3v) is 2.53. The van der Waals surface area contributed by atoms with Crippen molar-refractivity contribution in [1.29, 1.82) is 0 Å². The number of carbonyl (C=O) groups is 3. The van der Waals surface area contributed by atoms with Gasteiger partial charge in [-0.15, -0.1) is 10.2 Å². The second-order valence-corrected chi connectivity index (χ2v) is 4.11. The van der Waals surface area contributed by atoms with Crippen LogP contribution >= 0.6 is 11.6 Å². The number of esters is 1. The van der Waals surface area contributed by atoms with Gasteiger partial charge in [-0.3, -0.25) is 9.59 Å². The van der Waals surface area contributed by atoms with E-state index in [2.05, 4.69) is 20.3 Å². The number of carboxylic acid groups (broad SMARTS) is 1. The van der Waals surface area contributed by atoms with E-state index in [1.165, 1.54) is 19.2 Å². The largest absolute Gasteiger partial charge is 0.480 e. The van der Waals surface area contributed by atoms with Gasteiger partial charge in [-0.2, -0.15) is 0 Å². The molecule has 0 saturated heterocycles. The van der Waals surface area contributed by atoms with Crippen LogP contribution in [0.3, 0.4) is 0 Å². The molecule has 8 nitrogen and oxygen atoms in total. The van der Waals surface area contributed by atoms with Gasteiger partial charge >= 0.3 is 11.9 Å². The fourth-order valence-electron chi connectivity index (χ4n) is 1.29. The Morgan fingerprint density at radius 3 is 2.60 bits per heavy atom. The Bertz CT molecular complexity index is 505. The maximum Gasteiger partial charge on any atom is 0.326 e. The summed E-state index contributed by atoms with van der Waals surface area (Å²) in [5.41, 5.74) is -0.0706. The minimum absolute atomic E-state index is 0.0706. The highest BCUT2D eigenvalue weighted by molar-refractivity contribution is 6.29. The van der Waals surface area contributed by atoms with Crippen LogP contribution in [0, 0.1) is 0 Å². The van der Waals surface area contributed by atoms with Crippen molar-refractivity contribution in [1.82, 2.24) is 15.5 Å². The van der Waals surface area contributed by atoms with Crippen LogP contribution in [0.2, 0.25) is 5.15 Å². The van der Waals surface area contributed by atoms with E-state index in [4.69, 9.17) is 16.7 Å². The number of hydrogen-bond acceptors (Lipinski definition) is 6. The van der Waals surface area contributed by atoms with Crippen molar-refractivity contribution in [3.63, 3.8) is 0 Å². The molecule has 2 N–H and O–H groups in total. The molecule has 0 bridgehead atoms. The predicted octanol–water partition coefficient (Wildman–Crippen LogP) is 0.266. The molecule has 0 aliphatic heterocycles. The van der Waals surface area contributed by atoms with Crippen molar-refractivity contribution in [3.05, 3.63) is 23.0 Å². The van der Waals surface area contributed by atoms with Crippen LogP contribution in [0.15, 0.2) is 12.1 Å². The third-order valence-electron chi connectivity index (χ3n) is 2.33. The lowest BCUT2D eigenvalue weighted by atomic mass is 10.1. The molecule has 0 spiro atoms. The highest BCUT2D eigenvalue weighted by Gasteiger charge is 2.22. The maximum absolute atomic E-state index is 11.7. The molecule has 0 radical (unpaired) electrons. The average Bonchev–Trinajstić information content (AvgIpc) is 2.43. The van der Waals surface area contributed by atoms with Gasteiger partial charge in [-0.1, -0.05) is 11.6 Å². The molecule has 9 heteroatoms. The number of nitrogens with zero attached hydrogens (tertiary/aromatic N) is 2. The zero-order valence-electron chi connectivity index (χ0n) is 10.5. The smallest absolute Gasteiger partial charge is 0.326 e. The highest BCUT2D eigenvalue weighted by Crippen LogP contribution is 2.04. The van der Waals surface area contributed by atoms with Crippen molar-refractivity contribution in [3.8, 4) is 0 Å². The van der Waals surface area contributed by atoms with Crippen LogP contribution in [0.5, 0.6) is 0 Å². The van der Waals surface area contributed by atoms with Crippen LogP contribution in [0.4, 0.5) is 0 Å². The van der Waals surface area contributed by atoms with Crippen LogP contribution in [0.1, 0.15) is 23.3 Å². The van der Waals surface area contributed by atoms with Gasteiger partial charge in [0.05, 0.1) is 7.11 Å². The fourth-order valence-corrected chi connectivity index (χ4v) is 1.39. The van der Waals surface area contributed by atoms with E-state index in [0.29, 0.717) is 0 Å². The van der Waals surface area contributed by atoms with Crippen molar-refractivity contribution >= 4 is 29.4 Å². The second-order valence-electron chi connectivity index (χ2n) is 3.72. The minimum Gasteiger partial charge on any atom is -0.480 e. The topological polar surface area (TPSA) is 118 Å². The summed E-state index contributed by atoms with van der Waals surface area (Å²) >= 11 is 5.52. The van der Waals surface area contributed by atoms with Gasteiger partial charge in [-0.05, 0) is 18.6 Å². The van der Waals surface area contributed by atoms with Crippen LogP contribution in [-0.4, -0.2) is 46.3 Å². The number of ether oxygens (including phenoxy) is 1. The molecule has 1 aromatic rings. The molecule has 1 atom stereocenters. The quantitative estimate of drug-likeness (QED) is 0.724. The third kappa shape index (κ3) is 4.81. The molecular formula is C11H12ClN3O5. The summed E-state index contributed by atoms with van der Waals surface area (Å²) < 4.78 is 4.40. The molecule has 1 aromatic heterocycles. The molecule has 1 amide bonds. The summed E-state index contributed by atoms with van der Waals surface area (Å²) in [6.07, 6.45) is -0.213. The second kappa shape index (κ2) is 7.39. The first-order chi connectivity index (χ1) is 9.43. The molecule has 0 saturated carbocycles. The number of hydrogen-bond donors (Lipinski definition) is 2. The van der Waals surface area contributed by atoms with Gasteiger partial charge in [0, 0.05) is 6.42 Å². The highest BCUT2D eigenvalue weighted by atomic mass is 35.5. The lowest BCUT2D eigenvalue weighted by molar-refractivity contribution is -0.142. The van der Waals surface area contributed by atoms with Gasteiger partial charge in [0.2, 0.25) is 0 Å². The van der Waals surface area contributed by atoms with E-state index in [1.54, 1.807) is 0 Å². The Kier molecular flexibility index (Phi) is 5.85. The number of methoxy groups -OCH3 is 1. The van der Waals surface area contributed by atoms with Crippen LogP contribution < -0.4 is 5.32 Å². The van der Waals surface area contributed by atoms with Crippen molar-refractivity contribution in [2.45, 2.75) is 18.9 Å². The number of carboxylic acids is 1. The molecule has 108 valence electrons. The minimum atomic E-state index is -1.26. The summed E-state index contributed by atoms with van der Waals surface area (Å²) in [7, 11) is 1.19. The first-order valence-corrected chi connectivity index (χ1v) is 5.91. The van der Waals surface area contributed by atoms with Crippen LogP contribution in [0.25, 0.3) is 0 Å². The number of amides is 1. The van der Waals surface area contributed by atoms with Gasteiger partial charge in [0.15, 0.2) is 10.8 Å². The molecular weight excluding hydrogens is 290 g/mol. The zero-order valence-corrected chi connectivity index (χ0v) is 11.3. The normalized spacial score (nSPS) is 11.5. The van der Waals surface area contributed by atoms with E-state index in [9.17, 15) is 14.4 Å². The molecule has 0 aliphatic carbocycles. The summed E-state index contributed by atoms with van der Waals surface area (Å²) in [4.78, 5) is 33.7. The van der Waals surface area contributed by atoms with Gasteiger partial charge in [0.25, 0.3) is 5.91 Å². The standard InChI is InChI=1S/C11H12ClN3O5/c1-20-9(16)5-3-7(11(18)19)13-10(17)6-2-4-8(12)15-14-6/h2,4,7H,3,5H2,1H3,(H,13,17)(H,18,19)/t7-/m0/s1. The molecule has 20 heavy (non-hydrogen) atoms. The molecule has 0 aliphatic rings. The SMILES string of the molecule is COC(=O)CC[C@H](NC(=O)c1ccc(Cl)nn1)C(=O)O. The number of rotatable bonds is 6. The number of carbonyl (C=O) groups excluding carboxylic acids is 2. The summed E-state index contributed by atoms with van der Waals surface area (Å²) in [6, 6.07) is 1.44. The van der Waals surface area contributed by atoms with Crippen molar-refractivity contribution in [2.75, 3.05) is 7.11 Å². The summed E-state index contributed by atoms with van der Waals surface area (Å²) in [5.74, 6) is -2.53. The van der Waals surface area contributed by atoms with E-state index in [0.717, 1.165) is 0 Å². The number of nitrogens with one attached hydrogen (secondary N) is 1. The zero-order chi connectivity index (χ0) is 15.1. The fraction of sp³-hybridized carbons (Fsp3) is 0.364. The molecule has 1 rings (SSSR count). The van der Waals surface area contributed by atoms with E-state index >= 15 is 0 Å². The maximum atomic E-state index is 11.7. The average molecular weight is 302 g/mol. The number of aliphatic carboxylic acids is 1.